The highest BCUT2D eigenvalue weighted by atomic mass is 15.3. The highest BCUT2D eigenvalue weighted by Crippen LogP contribution is 2.14. The molecular formula is C9H17N3. The van der Waals surface area contributed by atoms with Crippen LogP contribution in [-0.2, 0) is 7.05 Å². The van der Waals surface area contributed by atoms with Crippen molar-refractivity contribution >= 4 is 5.82 Å². The molecule has 1 aromatic rings. The van der Waals surface area contributed by atoms with Gasteiger partial charge in [0.2, 0.25) is 0 Å². The summed E-state index contributed by atoms with van der Waals surface area (Å²) < 4.78 is 1.86. The van der Waals surface area contributed by atoms with Crippen molar-refractivity contribution in [3.63, 3.8) is 0 Å². The van der Waals surface area contributed by atoms with Crippen LogP contribution in [0.3, 0.4) is 0 Å². The molecule has 0 bridgehead atoms. The lowest BCUT2D eigenvalue weighted by molar-refractivity contribution is 0.616. The lowest BCUT2D eigenvalue weighted by Crippen LogP contribution is -2.27. The van der Waals surface area contributed by atoms with E-state index in [0.29, 0.717) is 0 Å². The predicted octanol–water partition coefficient (Wildman–Crippen LogP) is 1.94. The maximum absolute atomic E-state index is 4.25. The van der Waals surface area contributed by atoms with Gasteiger partial charge < -0.3 is 5.32 Å². The summed E-state index contributed by atoms with van der Waals surface area (Å²) in [4.78, 5) is 0. The summed E-state index contributed by atoms with van der Waals surface area (Å²) >= 11 is 0. The minimum absolute atomic E-state index is 0.0975. The van der Waals surface area contributed by atoms with Crippen LogP contribution >= 0.6 is 0 Å². The zero-order valence-corrected chi connectivity index (χ0v) is 8.47. The summed E-state index contributed by atoms with van der Waals surface area (Å²) in [6, 6.07) is 2.05. The summed E-state index contributed by atoms with van der Waals surface area (Å²) in [7, 11) is 1.95. The molecular weight excluding hydrogens is 150 g/mol. The molecule has 0 aliphatic rings. The molecule has 0 atom stereocenters. The first-order valence-electron chi connectivity index (χ1n) is 4.17. The molecule has 1 rings (SSSR count). The second-order valence-corrected chi connectivity index (χ2v) is 4.17. The molecule has 0 aromatic carbocycles. The van der Waals surface area contributed by atoms with Gasteiger partial charge in [-0.15, -0.1) is 0 Å². The molecule has 0 spiro atoms. The van der Waals surface area contributed by atoms with Crippen LogP contribution in [0.4, 0.5) is 5.82 Å². The van der Waals surface area contributed by atoms with Crippen molar-refractivity contribution in [1.82, 2.24) is 9.78 Å². The quantitative estimate of drug-likeness (QED) is 0.692. The molecule has 3 nitrogen and oxygen atoms in total. The van der Waals surface area contributed by atoms with Gasteiger partial charge in [-0.1, -0.05) is 0 Å². The lowest BCUT2D eigenvalue weighted by Gasteiger charge is -2.21. The van der Waals surface area contributed by atoms with Gasteiger partial charge >= 0.3 is 0 Å². The highest BCUT2D eigenvalue weighted by molar-refractivity contribution is 5.38. The number of aryl methyl sites for hydroxylation is 2. The fourth-order valence-corrected chi connectivity index (χ4v) is 1.11. The van der Waals surface area contributed by atoms with Gasteiger partial charge in [-0.2, -0.15) is 5.10 Å². The average molecular weight is 167 g/mol. The number of anilines is 1. The minimum atomic E-state index is 0.0975. The largest absolute Gasteiger partial charge is 0.366 e. The van der Waals surface area contributed by atoms with Crippen LogP contribution in [0.25, 0.3) is 0 Å². The van der Waals surface area contributed by atoms with E-state index in [1.807, 2.05) is 24.7 Å². The van der Waals surface area contributed by atoms with Crippen molar-refractivity contribution in [3.8, 4) is 0 Å². The molecule has 0 unspecified atom stereocenters. The van der Waals surface area contributed by atoms with E-state index in [0.717, 1.165) is 11.5 Å². The smallest absolute Gasteiger partial charge is 0.124 e. The Morgan fingerprint density at radius 3 is 2.33 bits per heavy atom. The molecule has 0 amide bonds. The van der Waals surface area contributed by atoms with E-state index in [4.69, 9.17) is 0 Å². The second kappa shape index (κ2) is 2.81. The van der Waals surface area contributed by atoms with Gasteiger partial charge in [0.05, 0.1) is 5.69 Å². The van der Waals surface area contributed by atoms with E-state index in [-0.39, 0.29) is 5.54 Å². The van der Waals surface area contributed by atoms with E-state index in [1.54, 1.807) is 0 Å². The third kappa shape index (κ3) is 2.26. The third-order valence-corrected chi connectivity index (χ3v) is 1.51. The van der Waals surface area contributed by atoms with Crippen molar-refractivity contribution in [2.45, 2.75) is 33.2 Å². The second-order valence-electron chi connectivity index (χ2n) is 4.17. The highest BCUT2D eigenvalue weighted by Gasteiger charge is 2.11. The Hall–Kier alpha value is -0.990. The van der Waals surface area contributed by atoms with Gasteiger partial charge in [0.1, 0.15) is 5.82 Å². The molecule has 0 saturated carbocycles. The van der Waals surface area contributed by atoms with Gasteiger partial charge in [0.25, 0.3) is 0 Å². The normalized spacial score (nSPS) is 11.8. The van der Waals surface area contributed by atoms with Gasteiger partial charge in [0.15, 0.2) is 0 Å². The fourth-order valence-electron chi connectivity index (χ4n) is 1.11. The fraction of sp³-hybridized carbons (Fsp3) is 0.667. The zero-order chi connectivity index (χ0) is 9.35. The average Bonchev–Trinajstić information content (AvgIpc) is 2.06. The molecule has 3 heteroatoms. The number of aromatic nitrogens is 2. The monoisotopic (exact) mass is 167 g/mol. The lowest BCUT2D eigenvalue weighted by atomic mass is 10.1. The van der Waals surface area contributed by atoms with Crippen LogP contribution in [-0.4, -0.2) is 15.3 Å². The summed E-state index contributed by atoms with van der Waals surface area (Å²) in [5.74, 6) is 1.07. The Bertz CT molecular complexity index is 268. The van der Waals surface area contributed by atoms with Crippen molar-refractivity contribution in [3.05, 3.63) is 11.8 Å². The van der Waals surface area contributed by atoms with E-state index in [9.17, 15) is 0 Å². The van der Waals surface area contributed by atoms with Crippen LogP contribution in [0.5, 0.6) is 0 Å². The molecule has 68 valence electrons. The first-order valence-corrected chi connectivity index (χ1v) is 4.17. The zero-order valence-electron chi connectivity index (χ0n) is 8.47. The summed E-state index contributed by atoms with van der Waals surface area (Å²) in [5, 5.41) is 7.62. The van der Waals surface area contributed by atoms with Crippen LogP contribution < -0.4 is 5.32 Å². The van der Waals surface area contributed by atoms with E-state index >= 15 is 0 Å². The van der Waals surface area contributed by atoms with Gasteiger partial charge in [-0.05, 0) is 27.7 Å². The summed E-state index contributed by atoms with van der Waals surface area (Å²) in [5.41, 5.74) is 1.14. The Kier molecular flexibility index (Phi) is 2.13. The molecule has 1 N–H and O–H groups in total. The molecule has 0 aliphatic heterocycles. The third-order valence-electron chi connectivity index (χ3n) is 1.51. The SMILES string of the molecule is Cc1cc(NC(C)(C)C)n(C)n1. The van der Waals surface area contributed by atoms with Gasteiger partial charge in [-0.3, -0.25) is 4.68 Å². The van der Waals surface area contributed by atoms with Crippen molar-refractivity contribution < 1.29 is 0 Å². The van der Waals surface area contributed by atoms with Crippen molar-refractivity contribution in [1.29, 1.82) is 0 Å². The van der Waals surface area contributed by atoms with E-state index in [2.05, 4.69) is 31.2 Å². The van der Waals surface area contributed by atoms with Crippen LogP contribution in [0.1, 0.15) is 26.5 Å². The standard InChI is InChI=1S/C9H17N3/c1-7-6-8(12(5)11-7)10-9(2,3)4/h6,10H,1-5H3. The van der Waals surface area contributed by atoms with Crippen molar-refractivity contribution in [2.24, 2.45) is 7.05 Å². The minimum Gasteiger partial charge on any atom is -0.366 e. The number of hydrogen-bond donors (Lipinski definition) is 1. The van der Waals surface area contributed by atoms with Crippen LogP contribution in [0.15, 0.2) is 6.07 Å². The topological polar surface area (TPSA) is 29.9 Å². The molecule has 0 aliphatic carbocycles. The summed E-state index contributed by atoms with van der Waals surface area (Å²) in [6.45, 7) is 8.40. The van der Waals surface area contributed by atoms with Crippen molar-refractivity contribution in [2.75, 3.05) is 5.32 Å². The van der Waals surface area contributed by atoms with E-state index in [1.165, 1.54) is 0 Å². The van der Waals surface area contributed by atoms with Crippen LogP contribution in [0, 0.1) is 6.92 Å². The number of hydrogen-bond acceptors (Lipinski definition) is 2. The Morgan fingerprint density at radius 1 is 1.42 bits per heavy atom. The van der Waals surface area contributed by atoms with Crippen LogP contribution in [0.2, 0.25) is 0 Å². The number of nitrogens with one attached hydrogen (secondary N) is 1. The number of nitrogens with zero attached hydrogens (tertiary/aromatic N) is 2. The summed E-state index contributed by atoms with van der Waals surface area (Å²) in [6.07, 6.45) is 0. The molecule has 0 radical (unpaired) electrons. The maximum Gasteiger partial charge on any atom is 0.124 e. The Labute approximate surface area is 73.8 Å². The molecule has 0 saturated heterocycles. The predicted molar refractivity (Wildman–Crippen MR) is 51.3 cm³/mol. The van der Waals surface area contributed by atoms with E-state index < -0.39 is 0 Å². The first kappa shape index (κ1) is 9.10. The molecule has 12 heavy (non-hydrogen) atoms. The Balaban J connectivity index is 2.82. The molecule has 0 fully saturated rings. The van der Waals surface area contributed by atoms with Gasteiger partial charge in [-0.25, -0.2) is 0 Å². The van der Waals surface area contributed by atoms with Gasteiger partial charge in [0, 0.05) is 18.7 Å². The maximum atomic E-state index is 4.25. The number of rotatable bonds is 1. The first-order chi connectivity index (χ1) is 5.38. The Morgan fingerprint density at radius 2 is 2.00 bits per heavy atom. The molecule has 1 heterocycles. The molecule has 1 aromatic heterocycles.